The molecule has 0 bridgehead atoms. The highest BCUT2D eigenvalue weighted by Gasteiger charge is 2.17. The van der Waals surface area contributed by atoms with E-state index in [9.17, 15) is 4.79 Å². The van der Waals surface area contributed by atoms with Gasteiger partial charge in [0.2, 0.25) is 0 Å². The molecule has 0 saturated heterocycles. The van der Waals surface area contributed by atoms with Crippen molar-refractivity contribution in [2.24, 2.45) is 0 Å². The third kappa shape index (κ3) is 3.49. The van der Waals surface area contributed by atoms with Gasteiger partial charge in [-0.15, -0.1) is 0 Å². The lowest BCUT2D eigenvalue weighted by atomic mass is 10.0. The van der Waals surface area contributed by atoms with Crippen molar-refractivity contribution in [3.05, 3.63) is 29.8 Å². The number of carbonyl (C=O) groups is 1. The summed E-state index contributed by atoms with van der Waals surface area (Å²) in [7, 11) is 0. The number of carbonyl (C=O) groups excluding carboxylic acids is 1. The molecular formula is C15H23NO2. The Morgan fingerprint density at radius 3 is 2.50 bits per heavy atom. The molecule has 0 aliphatic heterocycles. The molecule has 1 aromatic carbocycles. The molecule has 18 heavy (non-hydrogen) atoms. The number of ether oxygens (including phenoxy) is 1. The van der Waals surface area contributed by atoms with Crippen molar-refractivity contribution >= 4 is 11.7 Å². The molecule has 0 saturated carbocycles. The lowest BCUT2D eigenvalue weighted by Crippen LogP contribution is -2.22. The third-order valence-corrected chi connectivity index (χ3v) is 3.14. The van der Waals surface area contributed by atoms with Crippen LogP contribution in [0.4, 0.5) is 5.69 Å². The van der Waals surface area contributed by atoms with Crippen LogP contribution in [0.15, 0.2) is 24.3 Å². The first-order valence-electron chi connectivity index (χ1n) is 6.65. The zero-order valence-corrected chi connectivity index (χ0v) is 11.8. The van der Waals surface area contributed by atoms with Crippen LogP contribution in [0.1, 0.15) is 39.2 Å². The smallest absolute Gasteiger partial charge is 0.313 e. The summed E-state index contributed by atoms with van der Waals surface area (Å²) in [6, 6.07) is 8.14. The number of hydrogen-bond donors (Lipinski definition) is 0. The Hall–Kier alpha value is -1.51. The van der Waals surface area contributed by atoms with E-state index in [0.717, 1.165) is 24.3 Å². The second-order valence-electron chi connectivity index (χ2n) is 4.24. The van der Waals surface area contributed by atoms with Crippen LogP contribution in [0, 0.1) is 0 Å². The molecule has 0 amide bonds. The summed E-state index contributed by atoms with van der Waals surface area (Å²) in [5.74, 6) is -0.366. The summed E-state index contributed by atoms with van der Waals surface area (Å²) in [5.41, 5.74) is 2.17. The Balaban J connectivity index is 2.90. The van der Waals surface area contributed by atoms with Crippen molar-refractivity contribution in [2.45, 2.75) is 33.6 Å². The van der Waals surface area contributed by atoms with Gasteiger partial charge in [0, 0.05) is 18.8 Å². The minimum Gasteiger partial charge on any atom is -0.466 e. The first-order valence-corrected chi connectivity index (χ1v) is 6.65. The highest BCUT2D eigenvalue weighted by atomic mass is 16.5. The molecule has 3 heteroatoms. The third-order valence-electron chi connectivity index (χ3n) is 3.14. The fourth-order valence-corrected chi connectivity index (χ4v) is 1.98. The summed E-state index contributed by atoms with van der Waals surface area (Å²) in [5, 5.41) is 0. The van der Waals surface area contributed by atoms with Gasteiger partial charge in [-0.05, 0) is 45.4 Å². The minimum atomic E-state index is -0.208. The van der Waals surface area contributed by atoms with E-state index in [1.54, 1.807) is 0 Å². The van der Waals surface area contributed by atoms with Gasteiger partial charge in [0.1, 0.15) is 0 Å². The monoisotopic (exact) mass is 249 g/mol. The van der Waals surface area contributed by atoms with Crippen LogP contribution < -0.4 is 4.90 Å². The lowest BCUT2D eigenvalue weighted by Gasteiger charge is -2.22. The van der Waals surface area contributed by atoms with E-state index in [0.29, 0.717) is 6.61 Å². The number of nitrogens with zero attached hydrogens (tertiary/aromatic N) is 1. The number of rotatable bonds is 6. The number of benzene rings is 1. The average Bonchev–Trinajstić information content (AvgIpc) is 2.40. The van der Waals surface area contributed by atoms with Crippen LogP contribution in [0.3, 0.4) is 0 Å². The highest BCUT2D eigenvalue weighted by Crippen LogP contribution is 2.22. The maximum Gasteiger partial charge on any atom is 0.313 e. The predicted molar refractivity (Wildman–Crippen MR) is 75.1 cm³/mol. The average molecular weight is 249 g/mol. The van der Waals surface area contributed by atoms with Crippen molar-refractivity contribution in [1.82, 2.24) is 0 Å². The van der Waals surface area contributed by atoms with Gasteiger partial charge in [-0.25, -0.2) is 0 Å². The first kappa shape index (κ1) is 14.6. The van der Waals surface area contributed by atoms with Gasteiger partial charge in [-0.1, -0.05) is 12.1 Å². The molecular weight excluding hydrogens is 226 g/mol. The zero-order chi connectivity index (χ0) is 13.5. The van der Waals surface area contributed by atoms with Crippen molar-refractivity contribution in [2.75, 3.05) is 24.6 Å². The topological polar surface area (TPSA) is 29.5 Å². The molecule has 1 rings (SSSR count). The lowest BCUT2D eigenvalue weighted by molar-refractivity contribution is -0.144. The fourth-order valence-electron chi connectivity index (χ4n) is 1.98. The van der Waals surface area contributed by atoms with Gasteiger partial charge < -0.3 is 9.64 Å². The maximum atomic E-state index is 11.7. The van der Waals surface area contributed by atoms with Crippen LogP contribution in [0.5, 0.6) is 0 Å². The molecule has 1 atom stereocenters. The summed E-state index contributed by atoms with van der Waals surface area (Å²) in [6.07, 6.45) is 0. The minimum absolute atomic E-state index is 0.158. The summed E-state index contributed by atoms with van der Waals surface area (Å²) in [4.78, 5) is 14.0. The zero-order valence-electron chi connectivity index (χ0n) is 11.8. The summed E-state index contributed by atoms with van der Waals surface area (Å²) >= 11 is 0. The van der Waals surface area contributed by atoms with Crippen molar-refractivity contribution in [3.63, 3.8) is 0 Å². The Labute approximate surface area is 110 Å². The van der Waals surface area contributed by atoms with Gasteiger partial charge in [-0.3, -0.25) is 4.79 Å². The summed E-state index contributed by atoms with van der Waals surface area (Å²) < 4.78 is 5.06. The Bertz CT molecular complexity index is 386. The molecule has 0 radical (unpaired) electrons. The molecule has 0 aliphatic rings. The molecule has 3 nitrogen and oxygen atoms in total. The Morgan fingerprint density at radius 1 is 1.28 bits per heavy atom. The van der Waals surface area contributed by atoms with Gasteiger partial charge in [-0.2, -0.15) is 0 Å². The second kappa shape index (κ2) is 7.04. The van der Waals surface area contributed by atoms with Crippen LogP contribution in [-0.2, 0) is 9.53 Å². The van der Waals surface area contributed by atoms with Gasteiger partial charge in [0.15, 0.2) is 0 Å². The van der Waals surface area contributed by atoms with Crippen molar-refractivity contribution in [3.8, 4) is 0 Å². The second-order valence-corrected chi connectivity index (χ2v) is 4.24. The number of hydrogen-bond acceptors (Lipinski definition) is 3. The molecule has 0 spiro atoms. The molecule has 1 aromatic rings. The van der Waals surface area contributed by atoms with Gasteiger partial charge in [0.05, 0.1) is 12.5 Å². The number of esters is 1. The standard InChI is InChI=1S/C15H23NO2/c1-5-16(6-2)14-10-8-9-13(11-14)12(4)15(17)18-7-3/h8-12H,5-7H2,1-4H3. The molecule has 1 unspecified atom stereocenters. The van der Waals surface area contributed by atoms with E-state index in [-0.39, 0.29) is 11.9 Å². The van der Waals surface area contributed by atoms with Crippen LogP contribution in [0.2, 0.25) is 0 Å². The first-order chi connectivity index (χ1) is 8.63. The molecule has 0 fully saturated rings. The molecule has 0 N–H and O–H groups in total. The van der Waals surface area contributed by atoms with Gasteiger partial charge in [0.25, 0.3) is 0 Å². The maximum absolute atomic E-state index is 11.7. The quantitative estimate of drug-likeness (QED) is 0.725. The summed E-state index contributed by atoms with van der Waals surface area (Å²) in [6.45, 7) is 10.3. The van der Waals surface area contributed by atoms with E-state index in [4.69, 9.17) is 4.74 Å². The predicted octanol–water partition coefficient (Wildman–Crippen LogP) is 3.20. The largest absolute Gasteiger partial charge is 0.466 e. The van der Waals surface area contributed by atoms with E-state index in [1.165, 1.54) is 0 Å². The highest BCUT2D eigenvalue weighted by molar-refractivity contribution is 5.78. The van der Waals surface area contributed by atoms with Crippen LogP contribution in [-0.4, -0.2) is 25.7 Å². The van der Waals surface area contributed by atoms with Crippen LogP contribution >= 0.6 is 0 Å². The van der Waals surface area contributed by atoms with E-state index < -0.39 is 0 Å². The van der Waals surface area contributed by atoms with E-state index in [1.807, 2.05) is 26.0 Å². The van der Waals surface area contributed by atoms with Crippen molar-refractivity contribution in [1.29, 1.82) is 0 Å². The fraction of sp³-hybridized carbons (Fsp3) is 0.533. The molecule has 0 aliphatic carbocycles. The molecule has 0 heterocycles. The molecule has 100 valence electrons. The van der Waals surface area contributed by atoms with Gasteiger partial charge >= 0.3 is 5.97 Å². The normalized spacial score (nSPS) is 12.0. The molecule has 0 aromatic heterocycles. The van der Waals surface area contributed by atoms with E-state index >= 15 is 0 Å². The van der Waals surface area contributed by atoms with Crippen molar-refractivity contribution < 1.29 is 9.53 Å². The van der Waals surface area contributed by atoms with E-state index in [2.05, 4.69) is 30.9 Å². The van der Waals surface area contributed by atoms with Crippen LogP contribution in [0.25, 0.3) is 0 Å². The Kier molecular flexibility index (Phi) is 5.69. The Morgan fingerprint density at radius 2 is 1.94 bits per heavy atom. The number of anilines is 1. The SMILES string of the molecule is CCOC(=O)C(C)c1cccc(N(CC)CC)c1.